The summed E-state index contributed by atoms with van der Waals surface area (Å²) in [6.07, 6.45) is 6.02. The summed E-state index contributed by atoms with van der Waals surface area (Å²) >= 11 is 0. The van der Waals surface area contributed by atoms with Crippen molar-refractivity contribution in [3.8, 4) is 11.5 Å². The number of carboxylic acids is 1. The Bertz CT molecular complexity index is 834. The van der Waals surface area contributed by atoms with Gasteiger partial charge in [0.15, 0.2) is 0 Å². The lowest BCUT2D eigenvalue weighted by molar-refractivity contribution is -0.134. The molecule has 0 radical (unpaired) electrons. The van der Waals surface area contributed by atoms with Crippen LogP contribution in [0.2, 0.25) is 0 Å². The molecule has 0 aliphatic heterocycles. The summed E-state index contributed by atoms with van der Waals surface area (Å²) in [6, 6.07) is 11.5. The monoisotopic (exact) mass is 338 g/mol. The summed E-state index contributed by atoms with van der Waals surface area (Å²) in [6.45, 7) is 1.82. The maximum Gasteiger partial charge on any atom is 0.328 e. The first-order chi connectivity index (χ1) is 12.0. The van der Waals surface area contributed by atoms with E-state index in [9.17, 15) is 14.7 Å². The normalized spacial score (nSPS) is 11.1. The highest BCUT2D eigenvalue weighted by atomic mass is 16.5. The van der Waals surface area contributed by atoms with Crippen molar-refractivity contribution in [3.05, 3.63) is 71.3 Å². The molecule has 5 heteroatoms. The molecule has 0 saturated heterocycles. The first-order valence-electron chi connectivity index (χ1n) is 7.65. The molecule has 0 saturated carbocycles. The zero-order valence-electron chi connectivity index (χ0n) is 13.7. The van der Waals surface area contributed by atoms with Gasteiger partial charge >= 0.3 is 11.9 Å². The van der Waals surface area contributed by atoms with Crippen molar-refractivity contribution in [3.63, 3.8) is 0 Å². The lowest BCUT2D eigenvalue weighted by atomic mass is 10.0. The van der Waals surface area contributed by atoms with Crippen LogP contribution in [0.1, 0.15) is 23.6 Å². The Labute approximate surface area is 145 Å². The van der Waals surface area contributed by atoms with E-state index >= 15 is 0 Å². The zero-order chi connectivity index (χ0) is 18.2. The number of aliphatic carboxylic acids is 1. The summed E-state index contributed by atoms with van der Waals surface area (Å²) in [5.74, 6) is -1.11. The molecule has 0 unspecified atom stereocenters. The summed E-state index contributed by atoms with van der Waals surface area (Å²) in [4.78, 5) is 22.9. The van der Waals surface area contributed by atoms with Crippen LogP contribution in [-0.4, -0.2) is 22.2 Å². The Hall–Kier alpha value is -3.34. The highest BCUT2D eigenvalue weighted by molar-refractivity contribution is 5.87. The number of phenolic OH excluding ortho intramolecular Hbond substituents is 1. The predicted molar refractivity (Wildman–Crippen MR) is 95.3 cm³/mol. The minimum atomic E-state index is -1.06. The quantitative estimate of drug-likeness (QED) is 0.477. The van der Waals surface area contributed by atoms with E-state index in [1.165, 1.54) is 18.2 Å². The molecule has 2 aromatic rings. The third kappa shape index (κ3) is 5.35. The third-order valence-corrected chi connectivity index (χ3v) is 3.32. The lowest BCUT2D eigenvalue weighted by Gasteiger charge is -2.10. The average molecular weight is 338 g/mol. The van der Waals surface area contributed by atoms with Crippen molar-refractivity contribution in [2.24, 2.45) is 0 Å². The molecule has 0 fully saturated rings. The molecule has 2 rings (SSSR count). The first-order valence-corrected chi connectivity index (χ1v) is 7.65. The van der Waals surface area contributed by atoms with Crippen LogP contribution < -0.4 is 4.74 Å². The summed E-state index contributed by atoms with van der Waals surface area (Å²) in [5, 5.41) is 18.2. The summed E-state index contributed by atoms with van der Waals surface area (Å²) in [7, 11) is 0. The third-order valence-electron chi connectivity index (χ3n) is 3.32. The molecular formula is C20H18O5. The van der Waals surface area contributed by atoms with E-state index in [1.54, 1.807) is 42.5 Å². The van der Waals surface area contributed by atoms with Gasteiger partial charge < -0.3 is 14.9 Å². The van der Waals surface area contributed by atoms with Gasteiger partial charge in [-0.15, -0.1) is 0 Å². The molecule has 0 aromatic heterocycles. The molecule has 25 heavy (non-hydrogen) atoms. The van der Waals surface area contributed by atoms with E-state index in [0.717, 1.165) is 6.08 Å². The van der Waals surface area contributed by atoms with Crippen LogP contribution in [0.25, 0.3) is 12.2 Å². The molecule has 0 aliphatic rings. The van der Waals surface area contributed by atoms with E-state index in [-0.39, 0.29) is 12.2 Å². The van der Waals surface area contributed by atoms with Crippen LogP contribution >= 0.6 is 0 Å². The van der Waals surface area contributed by atoms with E-state index in [2.05, 4.69) is 0 Å². The maximum absolute atomic E-state index is 12.2. The number of benzene rings is 2. The Morgan fingerprint density at radius 3 is 2.56 bits per heavy atom. The van der Waals surface area contributed by atoms with E-state index in [0.29, 0.717) is 22.4 Å². The second-order valence-corrected chi connectivity index (χ2v) is 5.25. The second-order valence-electron chi connectivity index (χ2n) is 5.25. The molecular weight excluding hydrogens is 320 g/mol. The molecule has 0 aliphatic carbocycles. The minimum absolute atomic E-state index is 0.0128. The van der Waals surface area contributed by atoms with Gasteiger partial charge in [0.1, 0.15) is 11.5 Å². The van der Waals surface area contributed by atoms with E-state index < -0.39 is 11.9 Å². The number of phenols is 1. The SMILES string of the molecule is C/C=C\c1c(/C=C/C(=O)O)cccc1OC(=O)Cc1cccc(O)c1. The largest absolute Gasteiger partial charge is 0.508 e. The molecule has 0 bridgehead atoms. The Morgan fingerprint density at radius 1 is 1.12 bits per heavy atom. The Morgan fingerprint density at radius 2 is 1.88 bits per heavy atom. The first kappa shape index (κ1) is 18.0. The number of allylic oxidation sites excluding steroid dienone is 1. The number of carbonyl (C=O) groups is 2. The van der Waals surface area contributed by atoms with Crippen LogP contribution in [0.5, 0.6) is 11.5 Å². The topological polar surface area (TPSA) is 83.8 Å². The van der Waals surface area contributed by atoms with Gasteiger partial charge in [-0.1, -0.05) is 36.4 Å². The van der Waals surface area contributed by atoms with Crippen molar-refractivity contribution in [1.82, 2.24) is 0 Å². The van der Waals surface area contributed by atoms with Crippen molar-refractivity contribution in [2.45, 2.75) is 13.3 Å². The fraction of sp³-hybridized carbons (Fsp3) is 0.100. The molecule has 2 N–H and O–H groups in total. The highest BCUT2D eigenvalue weighted by Gasteiger charge is 2.11. The minimum Gasteiger partial charge on any atom is -0.508 e. The molecule has 128 valence electrons. The summed E-state index contributed by atoms with van der Waals surface area (Å²) < 4.78 is 5.44. The van der Waals surface area contributed by atoms with Gasteiger partial charge in [-0.05, 0) is 42.3 Å². The number of hydrogen-bond acceptors (Lipinski definition) is 4. The molecule has 0 atom stereocenters. The van der Waals surface area contributed by atoms with Crippen molar-refractivity contribution in [1.29, 1.82) is 0 Å². The fourth-order valence-electron chi connectivity index (χ4n) is 2.29. The lowest BCUT2D eigenvalue weighted by Crippen LogP contribution is -2.12. The van der Waals surface area contributed by atoms with E-state index in [4.69, 9.17) is 9.84 Å². The van der Waals surface area contributed by atoms with Crippen molar-refractivity contribution < 1.29 is 24.5 Å². The number of carboxylic acid groups (broad SMARTS) is 1. The van der Waals surface area contributed by atoms with Gasteiger partial charge in [0.2, 0.25) is 0 Å². The Kier molecular flexibility index (Phi) is 6.12. The van der Waals surface area contributed by atoms with Gasteiger partial charge in [-0.3, -0.25) is 4.79 Å². The molecule has 2 aromatic carbocycles. The number of hydrogen-bond donors (Lipinski definition) is 2. The fourth-order valence-corrected chi connectivity index (χ4v) is 2.29. The molecule has 0 amide bonds. The molecule has 5 nitrogen and oxygen atoms in total. The van der Waals surface area contributed by atoms with Crippen molar-refractivity contribution in [2.75, 3.05) is 0 Å². The van der Waals surface area contributed by atoms with Crippen molar-refractivity contribution >= 4 is 24.1 Å². The average Bonchev–Trinajstić information content (AvgIpc) is 2.55. The molecule has 0 spiro atoms. The maximum atomic E-state index is 12.2. The second kappa shape index (κ2) is 8.49. The van der Waals surface area contributed by atoms with E-state index in [1.807, 2.05) is 6.92 Å². The van der Waals surface area contributed by atoms with Crippen LogP contribution in [-0.2, 0) is 16.0 Å². The van der Waals surface area contributed by atoms with Gasteiger partial charge in [0.05, 0.1) is 6.42 Å². The highest BCUT2D eigenvalue weighted by Crippen LogP contribution is 2.26. The van der Waals surface area contributed by atoms with Gasteiger partial charge in [0.25, 0.3) is 0 Å². The van der Waals surface area contributed by atoms with Crippen LogP contribution in [0.4, 0.5) is 0 Å². The number of esters is 1. The predicted octanol–water partition coefficient (Wildman–Crippen LogP) is 3.67. The molecule has 0 heterocycles. The number of rotatable bonds is 6. The van der Waals surface area contributed by atoms with Gasteiger partial charge in [0, 0.05) is 11.6 Å². The Balaban J connectivity index is 2.24. The standard InChI is InChI=1S/C20H18O5/c1-2-5-17-15(10-11-19(22)23)7-4-9-18(17)25-20(24)13-14-6-3-8-16(21)12-14/h2-12,21H,13H2,1H3,(H,22,23)/b5-2-,11-10+. The number of ether oxygens (including phenoxy) is 1. The number of aromatic hydroxyl groups is 1. The van der Waals surface area contributed by atoms with Crippen LogP contribution in [0.15, 0.2) is 54.6 Å². The smallest absolute Gasteiger partial charge is 0.328 e. The van der Waals surface area contributed by atoms with Gasteiger partial charge in [-0.2, -0.15) is 0 Å². The van der Waals surface area contributed by atoms with Gasteiger partial charge in [-0.25, -0.2) is 4.79 Å². The van der Waals surface area contributed by atoms with Crippen LogP contribution in [0, 0.1) is 0 Å². The summed E-state index contributed by atoms with van der Waals surface area (Å²) in [5.41, 5.74) is 1.88. The van der Waals surface area contributed by atoms with Crippen LogP contribution in [0.3, 0.4) is 0 Å². The number of carbonyl (C=O) groups excluding carboxylic acids is 1. The zero-order valence-corrected chi connectivity index (χ0v) is 13.7.